The number of nitriles is 1. The van der Waals surface area contributed by atoms with Crippen molar-refractivity contribution in [2.24, 2.45) is 0 Å². The summed E-state index contributed by atoms with van der Waals surface area (Å²) in [6.07, 6.45) is -4.51. The van der Waals surface area contributed by atoms with Gasteiger partial charge in [0.15, 0.2) is 24.7 Å². The maximum absolute atomic E-state index is 13.2. The first-order valence-electron chi connectivity index (χ1n) is 7.19. The molecular weight excluding hydrogens is 356 g/mol. The van der Waals surface area contributed by atoms with Gasteiger partial charge in [-0.3, -0.25) is 4.79 Å². The van der Waals surface area contributed by atoms with E-state index >= 15 is 0 Å². The van der Waals surface area contributed by atoms with Gasteiger partial charge in [-0.1, -0.05) is 12.1 Å². The monoisotopic (exact) mass is 368 g/mol. The number of carbonyl (C=O) groups excluding carboxylic acids is 1. The summed E-state index contributed by atoms with van der Waals surface area (Å²) >= 11 is 0. The van der Waals surface area contributed by atoms with Gasteiger partial charge < -0.3 is 14.8 Å². The smallest absolute Gasteiger partial charge is 0.422 e. The molecule has 0 spiro atoms. The van der Waals surface area contributed by atoms with E-state index in [0.717, 1.165) is 12.1 Å². The molecule has 2 rings (SSSR count). The molecule has 5 nitrogen and oxygen atoms in total. The molecular formula is C17H12F4N2O3. The van der Waals surface area contributed by atoms with Gasteiger partial charge in [-0.15, -0.1) is 0 Å². The average molecular weight is 368 g/mol. The van der Waals surface area contributed by atoms with E-state index in [1.54, 1.807) is 6.07 Å². The van der Waals surface area contributed by atoms with E-state index < -0.39 is 31.1 Å². The molecule has 0 heterocycles. The van der Waals surface area contributed by atoms with Crippen LogP contribution in [0.3, 0.4) is 0 Å². The van der Waals surface area contributed by atoms with Crippen LogP contribution in [0.5, 0.6) is 11.5 Å². The fourth-order valence-corrected chi connectivity index (χ4v) is 1.88. The minimum atomic E-state index is -4.51. The molecule has 0 saturated heterocycles. The number of halogens is 4. The lowest BCUT2D eigenvalue weighted by Gasteiger charge is -2.13. The Balaban J connectivity index is 1.96. The third kappa shape index (κ3) is 5.66. The van der Waals surface area contributed by atoms with E-state index in [0.29, 0.717) is 0 Å². The van der Waals surface area contributed by atoms with Crippen LogP contribution in [0, 0.1) is 17.1 Å². The van der Waals surface area contributed by atoms with E-state index in [4.69, 9.17) is 10.00 Å². The number of hydrogen-bond donors (Lipinski definition) is 1. The van der Waals surface area contributed by atoms with Crippen LogP contribution in [0.2, 0.25) is 0 Å². The maximum Gasteiger partial charge on any atom is 0.422 e. The van der Waals surface area contributed by atoms with Gasteiger partial charge in [-0.05, 0) is 30.3 Å². The minimum absolute atomic E-state index is 0.0382. The summed E-state index contributed by atoms with van der Waals surface area (Å²) in [6, 6.07) is 10.7. The van der Waals surface area contributed by atoms with Crippen LogP contribution in [0.15, 0.2) is 42.5 Å². The number of anilines is 1. The van der Waals surface area contributed by atoms with Crippen molar-refractivity contribution in [3.63, 3.8) is 0 Å². The number of ether oxygens (including phenoxy) is 2. The predicted molar refractivity (Wildman–Crippen MR) is 83.2 cm³/mol. The Hall–Kier alpha value is -3.28. The van der Waals surface area contributed by atoms with Crippen molar-refractivity contribution >= 4 is 11.6 Å². The Bertz CT molecular complexity index is 831. The van der Waals surface area contributed by atoms with Gasteiger partial charge in [-0.2, -0.15) is 18.4 Å². The molecule has 2 aromatic carbocycles. The topological polar surface area (TPSA) is 71.4 Å². The Morgan fingerprint density at radius 2 is 1.77 bits per heavy atom. The third-order valence-corrected chi connectivity index (χ3v) is 2.97. The number of nitrogens with one attached hydrogen (secondary N) is 1. The number of rotatable bonds is 6. The number of carbonyl (C=O) groups is 1. The molecule has 0 aromatic heterocycles. The second kappa shape index (κ2) is 8.20. The molecule has 1 amide bonds. The van der Waals surface area contributed by atoms with Crippen LogP contribution < -0.4 is 14.8 Å². The van der Waals surface area contributed by atoms with Crippen LogP contribution in [0.1, 0.15) is 5.56 Å². The number of benzene rings is 2. The first kappa shape index (κ1) is 19.1. The summed E-state index contributed by atoms with van der Waals surface area (Å²) in [5.74, 6) is -1.57. The van der Waals surface area contributed by atoms with Gasteiger partial charge in [0.1, 0.15) is 11.9 Å². The largest absolute Gasteiger partial charge is 0.480 e. The van der Waals surface area contributed by atoms with Gasteiger partial charge in [0.05, 0.1) is 5.56 Å². The summed E-state index contributed by atoms with van der Waals surface area (Å²) < 4.78 is 59.8. The molecule has 0 aliphatic heterocycles. The Morgan fingerprint density at radius 1 is 1.12 bits per heavy atom. The standard InChI is InChI=1S/C17H12F4N2O3/c18-13-6-5-12(7-11(13)8-22)23-16(24)9-25-14-3-1-2-4-15(14)26-10-17(19,20)21/h1-7H,9-10H2,(H,23,24). The first-order valence-corrected chi connectivity index (χ1v) is 7.19. The molecule has 0 aliphatic rings. The lowest BCUT2D eigenvalue weighted by atomic mass is 10.2. The van der Waals surface area contributed by atoms with Crippen molar-refractivity contribution in [3.05, 3.63) is 53.8 Å². The van der Waals surface area contributed by atoms with E-state index in [-0.39, 0.29) is 22.7 Å². The van der Waals surface area contributed by atoms with Crippen LogP contribution >= 0.6 is 0 Å². The Morgan fingerprint density at radius 3 is 2.38 bits per heavy atom. The molecule has 0 atom stereocenters. The van der Waals surface area contributed by atoms with Gasteiger partial charge in [-0.25, -0.2) is 4.39 Å². The van der Waals surface area contributed by atoms with E-state index in [2.05, 4.69) is 10.1 Å². The number of alkyl halides is 3. The number of para-hydroxylation sites is 2. The maximum atomic E-state index is 13.2. The van der Waals surface area contributed by atoms with Crippen molar-refractivity contribution in [3.8, 4) is 17.6 Å². The Kier molecular flexibility index (Phi) is 6.01. The van der Waals surface area contributed by atoms with Crippen LogP contribution in [0.25, 0.3) is 0 Å². The third-order valence-electron chi connectivity index (χ3n) is 2.97. The lowest BCUT2D eigenvalue weighted by Crippen LogP contribution is -2.21. The molecule has 0 unspecified atom stereocenters. The molecule has 0 saturated carbocycles. The zero-order chi connectivity index (χ0) is 19.2. The average Bonchev–Trinajstić information content (AvgIpc) is 2.60. The quantitative estimate of drug-likeness (QED) is 0.790. The first-order chi connectivity index (χ1) is 12.3. The second-order valence-corrected chi connectivity index (χ2v) is 4.99. The molecule has 1 N–H and O–H groups in total. The van der Waals surface area contributed by atoms with E-state index in [1.807, 2.05) is 0 Å². The van der Waals surface area contributed by atoms with E-state index in [1.165, 1.54) is 30.3 Å². The van der Waals surface area contributed by atoms with Gasteiger partial charge in [0.25, 0.3) is 5.91 Å². The van der Waals surface area contributed by atoms with Gasteiger partial charge >= 0.3 is 6.18 Å². The van der Waals surface area contributed by atoms with Crippen LogP contribution in [0.4, 0.5) is 23.2 Å². The normalized spacial score (nSPS) is 10.7. The van der Waals surface area contributed by atoms with Gasteiger partial charge in [0, 0.05) is 5.69 Å². The molecule has 2 aromatic rings. The molecule has 9 heteroatoms. The summed E-state index contributed by atoms with van der Waals surface area (Å²) in [4.78, 5) is 11.9. The summed E-state index contributed by atoms with van der Waals surface area (Å²) in [5, 5.41) is 11.1. The zero-order valence-corrected chi connectivity index (χ0v) is 13.1. The van der Waals surface area contributed by atoms with E-state index in [9.17, 15) is 22.4 Å². The predicted octanol–water partition coefficient (Wildman–Crippen LogP) is 3.66. The second-order valence-electron chi connectivity index (χ2n) is 4.99. The van der Waals surface area contributed by atoms with Crippen molar-refractivity contribution in [1.82, 2.24) is 0 Å². The summed E-state index contributed by atoms with van der Waals surface area (Å²) in [7, 11) is 0. The van der Waals surface area contributed by atoms with Crippen molar-refractivity contribution in [2.75, 3.05) is 18.5 Å². The van der Waals surface area contributed by atoms with Crippen molar-refractivity contribution < 1.29 is 31.8 Å². The molecule has 0 aliphatic carbocycles. The fraction of sp³-hybridized carbons (Fsp3) is 0.176. The highest BCUT2D eigenvalue weighted by Crippen LogP contribution is 2.28. The summed E-state index contributed by atoms with van der Waals surface area (Å²) in [5.41, 5.74) is -0.0622. The molecule has 26 heavy (non-hydrogen) atoms. The number of nitrogens with zero attached hydrogens (tertiary/aromatic N) is 1. The Labute approximate surface area is 145 Å². The number of hydrogen-bond acceptors (Lipinski definition) is 4. The summed E-state index contributed by atoms with van der Waals surface area (Å²) in [6.45, 7) is -2.02. The van der Waals surface area contributed by atoms with Gasteiger partial charge in [0.2, 0.25) is 0 Å². The molecule has 0 radical (unpaired) electrons. The molecule has 0 fully saturated rings. The van der Waals surface area contributed by atoms with Crippen LogP contribution in [-0.4, -0.2) is 25.3 Å². The minimum Gasteiger partial charge on any atom is -0.480 e. The number of amides is 1. The van der Waals surface area contributed by atoms with Crippen molar-refractivity contribution in [2.45, 2.75) is 6.18 Å². The highest BCUT2D eigenvalue weighted by molar-refractivity contribution is 5.92. The highest BCUT2D eigenvalue weighted by Gasteiger charge is 2.29. The highest BCUT2D eigenvalue weighted by atomic mass is 19.4. The SMILES string of the molecule is N#Cc1cc(NC(=O)COc2ccccc2OCC(F)(F)F)ccc1F. The van der Waals surface area contributed by atoms with Crippen molar-refractivity contribution in [1.29, 1.82) is 5.26 Å². The van der Waals surface area contributed by atoms with Crippen LogP contribution in [-0.2, 0) is 4.79 Å². The molecule has 136 valence electrons. The molecule has 0 bridgehead atoms. The fourth-order valence-electron chi connectivity index (χ4n) is 1.88. The zero-order valence-electron chi connectivity index (χ0n) is 13.1. The lowest BCUT2D eigenvalue weighted by molar-refractivity contribution is -0.153.